The van der Waals surface area contributed by atoms with Gasteiger partial charge in [0.15, 0.2) is 12.4 Å². The van der Waals surface area contributed by atoms with Crippen molar-refractivity contribution in [2.45, 2.75) is 42.6 Å². The number of rotatable bonds is 4. The van der Waals surface area contributed by atoms with Crippen LogP contribution >= 0.6 is 0 Å². The molecule has 2 unspecified atom stereocenters. The number of benzene rings is 1. The number of para-hydroxylation sites is 1. The van der Waals surface area contributed by atoms with Crippen LogP contribution in [-0.4, -0.2) is 76.2 Å². The summed E-state index contributed by atoms with van der Waals surface area (Å²) in [4.78, 5) is 9.98. The predicted molar refractivity (Wildman–Crippen MR) is 84.5 cm³/mol. The molecule has 9 heteroatoms. The third kappa shape index (κ3) is 2.92. The molecule has 0 amide bonds. The number of ether oxygens (including phenoxy) is 3. The van der Waals surface area contributed by atoms with Gasteiger partial charge in [-0.1, -0.05) is 24.3 Å². The molecule has 2 fully saturated rings. The Morgan fingerprint density at radius 1 is 1.12 bits per heavy atom. The molecular formula is C17H20O9. The molecule has 0 saturated carbocycles. The molecule has 3 aliphatic heterocycles. The van der Waals surface area contributed by atoms with Crippen LogP contribution in [0.1, 0.15) is 5.56 Å². The molecule has 3 heterocycles. The van der Waals surface area contributed by atoms with E-state index in [1.165, 1.54) is 0 Å². The normalized spacial score (nSPS) is 41.8. The Hall–Kier alpha value is -1.56. The second kappa shape index (κ2) is 6.87. The van der Waals surface area contributed by atoms with Crippen molar-refractivity contribution in [3.63, 3.8) is 0 Å². The SMILES string of the molecule is OC[C@H]1O[C@@H](OC2(C3C=Cc4ccccc4O3)COO2)[C@H](O)[C@@H](O)[C@H]1O. The van der Waals surface area contributed by atoms with Gasteiger partial charge in [-0.05, 0) is 12.1 Å². The van der Waals surface area contributed by atoms with Gasteiger partial charge in [0.2, 0.25) is 0 Å². The minimum Gasteiger partial charge on any atom is -0.480 e. The lowest BCUT2D eigenvalue weighted by molar-refractivity contribution is -0.567. The first-order chi connectivity index (χ1) is 12.5. The second-order valence-electron chi connectivity index (χ2n) is 6.41. The largest absolute Gasteiger partial charge is 0.480 e. The third-order valence-corrected chi connectivity index (χ3v) is 4.68. The monoisotopic (exact) mass is 368 g/mol. The van der Waals surface area contributed by atoms with Gasteiger partial charge in [0.1, 0.15) is 36.8 Å². The lowest BCUT2D eigenvalue weighted by Crippen LogP contribution is -2.66. The summed E-state index contributed by atoms with van der Waals surface area (Å²) in [6.45, 7) is -0.554. The molecule has 0 spiro atoms. The van der Waals surface area contributed by atoms with Crippen molar-refractivity contribution in [3.8, 4) is 5.75 Å². The average Bonchev–Trinajstić information content (AvgIpc) is 2.64. The molecule has 0 aromatic heterocycles. The lowest BCUT2D eigenvalue weighted by atomic mass is 9.98. The van der Waals surface area contributed by atoms with E-state index in [4.69, 9.17) is 24.0 Å². The highest BCUT2D eigenvalue weighted by molar-refractivity contribution is 5.60. The van der Waals surface area contributed by atoms with Gasteiger partial charge in [0, 0.05) is 5.56 Å². The molecule has 0 bridgehead atoms. The molecule has 4 rings (SSSR count). The van der Waals surface area contributed by atoms with Crippen LogP contribution in [-0.2, 0) is 19.2 Å². The number of hydrogen-bond donors (Lipinski definition) is 4. The van der Waals surface area contributed by atoms with E-state index in [0.717, 1.165) is 5.56 Å². The lowest BCUT2D eigenvalue weighted by Gasteiger charge is -2.48. The maximum Gasteiger partial charge on any atom is 0.271 e. The molecule has 3 aliphatic rings. The summed E-state index contributed by atoms with van der Waals surface area (Å²) in [7, 11) is 0. The summed E-state index contributed by atoms with van der Waals surface area (Å²) in [5.41, 5.74) is 0.895. The Morgan fingerprint density at radius 2 is 1.88 bits per heavy atom. The van der Waals surface area contributed by atoms with Crippen LogP contribution in [0.3, 0.4) is 0 Å². The highest BCUT2D eigenvalue weighted by Gasteiger charge is 2.56. The van der Waals surface area contributed by atoms with Crippen LogP contribution in [0.25, 0.3) is 6.08 Å². The fourth-order valence-electron chi connectivity index (χ4n) is 3.12. The predicted octanol–water partition coefficient (Wildman–Crippen LogP) is -1.06. The molecule has 7 atom stereocenters. The second-order valence-corrected chi connectivity index (χ2v) is 6.41. The molecule has 9 nitrogen and oxygen atoms in total. The molecule has 1 aromatic rings. The highest BCUT2D eigenvalue weighted by Crippen LogP contribution is 2.38. The molecule has 142 valence electrons. The molecule has 0 aliphatic carbocycles. The average molecular weight is 368 g/mol. The minimum absolute atomic E-state index is 0.000800. The van der Waals surface area contributed by atoms with Gasteiger partial charge in [0.05, 0.1) is 6.61 Å². The van der Waals surface area contributed by atoms with E-state index >= 15 is 0 Å². The van der Waals surface area contributed by atoms with Crippen LogP contribution in [0.2, 0.25) is 0 Å². The Bertz CT molecular complexity index is 672. The summed E-state index contributed by atoms with van der Waals surface area (Å²) < 4.78 is 17.0. The molecule has 4 N–H and O–H groups in total. The van der Waals surface area contributed by atoms with E-state index in [1.807, 2.05) is 24.3 Å². The zero-order valence-corrected chi connectivity index (χ0v) is 13.7. The Morgan fingerprint density at radius 3 is 2.58 bits per heavy atom. The van der Waals surface area contributed by atoms with E-state index < -0.39 is 49.2 Å². The van der Waals surface area contributed by atoms with Crippen molar-refractivity contribution in [2.75, 3.05) is 13.2 Å². The van der Waals surface area contributed by atoms with Gasteiger partial charge >= 0.3 is 0 Å². The smallest absolute Gasteiger partial charge is 0.271 e. The van der Waals surface area contributed by atoms with E-state index in [9.17, 15) is 20.4 Å². The van der Waals surface area contributed by atoms with Crippen LogP contribution in [0.15, 0.2) is 30.3 Å². The topological polar surface area (TPSA) is 127 Å². The van der Waals surface area contributed by atoms with Crippen molar-refractivity contribution in [1.82, 2.24) is 0 Å². The van der Waals surface area contributed by atoms with Crippen molar-refractivity contribution >= 4 is 6.08 Å². The summed E-state index contributed by atoms with van der Waals surface area (Å²) in [5.74, 6) is -0.773. The van der Waals surface area contributed by atoms with E-state index in [-0.39, 0.29) is 6.61 Å². The molecule has 1 aromatic carbocycles. The molecule has 2 saturated heterocycles. The first-order valence-electron chi connectivity index (χ1n) is 8.27. The van der Waals surface area contributed by atoms with E-state index in [1.54, 1.807) is 12.1 Å². The van der Waals surface area contributed by atoms with Gasteiger partial charge in [-0.15, -0.1) is 0 Å². The summed E-state index contributed by atoms with van der Waals surface area (Å²) in [6, 6.07) is 7.41. The van der Waals surface area contributed by atoms with Gasteiger partial charge in [-0.2, -0.15) is 4.89 Å². The van der Waals surface area contributed by atoms with Crippen molar-refractivity contribution in [2.24, 2.45) is 0 Å². The fraction of sp³-hybridized carbons (Fsp3) is 0.529. The zero-order chi connectivity index (χ0) is 18.3. The van der Waals surface area contributed by atoms with Crippen LogP contribution in [0.5, 0.6) is 5.75 Å². The summed E-state index contributed by atoms with van der Waals surface area (Å²) in [5, 5.41) is 39.2. The number of aliphatic hydroxyl groups excluding tert-OH is 4. The first-order valence-corrected chi connectivity index (χ1v) is 8.27. The van der Waals surface area contributed by atoms with Gasteiger partial charge in [-0.3, -0.25) is 0 Å². The number of hydrogen-bond acceptors (Lipinski definition) is 9. The molecule has 26 heavy (non-hydrogen) atoms. The maximum atomic E-state index is 10.2. The van der Waals surface area contributed by atoms with Gasteiger partial charge in [-0.25, -0.2) is 4.89 Å². The van der Waals surface area contributed by atoms with Crippen LogP contribution in [0.4, 0.5) is 0 Å². The standard InChI is InChI=1S/C17H20O9/c18-7-11-13(19)14(20)15(21)16(24-11)25-17(8-22-26-17)12-6-5-9-3-1-2-4-10(9)23-12/h1-6,11-16,18-21H,7-8H2/t11-,12?,13+,14+,15-,16+,17?/m1/s1. The van der Waals surface area contributed by atoms with Crippen molar-refractivity contribution in [1.29, 1.82) is 0 Å². The molecular weight excluding hydrogens is 348 g/mol. The summed E-state index contributed by atoms with van der Waals surface area (Å²) in [6.07, 6.45) is -4.12. The Kier molecular flexibility index (Phi) is 4.71. The summed E-state index contributed by atoms with van der Waals surface area (Å²) >= 11 is 0. The third-order valence-electron chi connectivity index (χ3n) is 4.68. The van der Waals surface area contributed by atoms with Crippen LogP contribution < -0.4 is 4.74 Å². The minimum atomic E-state index is -1.55. The highest BCUT2D eigenvalue weighted by atomic mass is 17.3. The van der Waals surface area contributed by atoms with Crippen molar-refractivity contribution < 1.29 is 44.4 Å². The Balaban J connectivity index is 1.53. The van der Waals surface area contributed by atoms with Gasteiger partial charge in [0.25, 0.3) is 5.79 Å². The maximum absolute atomic E-state index is 10.2. The molecule has 0 radical (unpaired) electrons. The van der Waals surface area contributed by atoms with E-state index in [0.29, 0.717) is 5.75 Å². The Labute approximate surface area is 148 Å². The van der Waals surface area contributed by atoms with Crippen LogP contribution in [0, 0.1) is 0 Å². The first kappa shape index (κ1) is 17.8. The number of fused-ring (bicyclic) bond motifs is 1. The quantitative estimate of drug-likeness (QED) is 0.492. The number of aliphatic hydroxyl groups is 4. The van der Waals surface area contributed by atoms with Gasteiger partial charge < -0.3 is 34.6 Å². The fourth-order valence-corrected chi connectivity index (χ4v) is 3.12. The van der Waals surface area contributed by atoms with Crippen molar-refractivity contribution in [3.05, 3.63) is 35.9 Å². The zero-order valence-electron chi connectivity index (χ0n) is 13.7. The van der Waals surface area contributed by atoms with E-state index in [2.05, 4.69) is 0 Å².